The molecule has 2 aromatic carbocycles. The maximum absolute atomic E-state index is 12.2. The van der Waals surface area contributed by atoms with E-state index >= 15 is 0 Å². The van der Waals surface area contributed by atoms with Crippen LogP contribution >= 0.6 is 11.6 Å². The van der Waals surface area contributed by atoms with Crippen LogP contribution in [0.15, 0.2) is 48.5 Å². The topological polar surface area (TPSA) is 58.2 Å². The summed E-state index contributed by atoms with van der Waals surface area (Å²) in [6.07, 6.45) is 0.601. The third kappa shape index (κ3) is 4.15. The predicted octanol–water partition coefficient (Wildman–Crippen LogP) is 3.54. The first-order chi connectivity index (χ1) is 11.5. The van der Waals surface area contributed by atoms with E-state index in [0.29, 0.717) is 18.0 Å². The molecule has 24 heavy (non-hydrogen) atoms. The Bertz CT molecular complexity index is 741. The Hall–Kier alpha value is -2.33. The maximum atomic E-state index is 12.2. The molecule has 0 aliphatic heterocycles. The quantitative estimate of drug-likeness (QED) is 0.873. The normalized spacial score (nSPS) is 18.8. The molecule has 124 valence electrons. The number of nitrogens with one attached hydrogen (secondary N) is 2. The number of hydrogen-bond donors (Lipinski definition) is 2. The van der Waals surface area contributed by atoms with Crippen LogP contribution in [0.5, 0.6) is 0 Å². The number of halogens is 1. The highest BCUT2D eigenvalue weighted by Gasteiger charge is 2.47. The van der Waals surface area contributed by atoms with E-state index in [2.05, 4.69) is 10.6 Å². The number of amides is 2. The van der Waals surface area contributed by atoms with Gasteiger partial charge in [0.25, 0.3) is 0 Å². The molecule has 1 fully saturated rings. The second-order valence-electron chi connectivity index (χ2n) is 6.15. The Morgan fingerprint density at radius 3 is 2.29 bits per heavy atom. The number of hydrogen-bond acceptors (Lipinski definition) is 2. The second-order valence-corrected chi connectivity index (χ2v) is 6.58. The summed E-state index contributed by atoms with van der Waals surface area (Å²) in [5, 5.41) is 6.40. The summed E-state index contributed by atoms with van der Waals surface area (Å²) >= 11 is 5.83. The molecule has 1 saturated carbocycles. The molecular weight excluding hydrogens is 324 g/mol. The molecule has 0 saturated heterocycles. The first-order valence-corrected chi connectivity index (χ1v) is 8.30. The number of carbonyl (C=O) groups excluding carboxylic acids is 2. The summed E-state index contributed by atoms with van der Waals surface area (Å²) in [4.78, 5) is 24.3. The predicted molar refractivity (Wildman–Crippen MR) is 94.7 cm³/mol. The lowest BCUT2D eigenvalue weighted by atomic mass is 10.2. The molecule has 0 aromatic heterocycles. The van der Waals surface area contributed by atoms with E-state index in [1.165, 1.54) is 0 Å². The van der Waals surface area contributed by atoms with Gasteiger partial charge in [-0.15, -0.1) is 0 Å². The summed E-state index contributed by atoms with van der Waals surface area (Å²) in [5.41, 5.74) is 2.88. The van der Waals surface area contributed by atoms with Gasteiger partial charge in [-0.1, -0.05) is 41.4 Å². The Morgan fingerprint density at radius 1 is 1.00 bits per heavy atom. The van der Waals surface area contributed by atoms with E-state index in [1.54, 1.807) is 12.1 Å². The molecule has 2 aromatic rings. The fourth-order valence-corrected chi connectivity index (χ4v) is 2.69. The zero-order chi connectivity index (χ0) is 17.1. The van der Waals surface area contributed by atoms with Crippen LogP contribution in [-0.4, -0.2) is 11.8 Å². The van der Waals surface area contributed by atoms with Crippen molar-refractivity contribution in [2.45, 2.75) is 19.9 Å². The SMILES string of the molecule is Cc1ccc(NC(=O)C2CC2C(=O)NCc2ccc(Cl)cc2)cc1. The highest BCUT2D eigenvalue weighted by Crippen LogP contribution is 2.39. The lowest BCUT2D eigenvalue weighted by molar-refractivity contribution is -0.125. The van der Waals surface area contributed by atoms with Gasteiger partial charge >= 0.3 is 0 Å². The van der Waals surface area contributed by atoms with E-state index in [-0.39, 0.29) is 23.7 Å². The summed E-state index contributed by atoms with van der Waals surface area (Å²) in [7, 11) is 0. The monoisotopic (exact) mass is 342 g/mol. The molecule has 1 aliphatic carbocycles. The fraction of sp³-hybridized carbons (Fsp3) is 0.263. The third-order valence-electron chi connectivity index (χ3n) is 4.16. The van der Waals surface area contributed by atoms with Gasteiger partial charge in [0.2, 0.25) is 11.8 Å². The minimum Gasteiger partial charge on any atom is -0.352 e. The smallest absolute Gasteiger partial charge is 0.228 e. The van der Waals surface area contributed by atoms with Gasteiger partial charge in [0.05, 0.1) is 11.8 Å². The van der Waals surface area contributed by atoms with Crippen molar-refractivity contribution in [2.75, 3.05) is 5.32 Å². The molecule has 2 atom stereocenters. The van der Waals surface area contributed by atoms with Crippen molar-refractivity contribution >= 4 is 29.1 Å². The number of carbonyl (C=O) groups is 2. The van der Waals surface area contributed by atoms with Gasteiger partial charge in [0.1, 0.15) is 0 Å². The van der Waals surface area contributed by atoms with Crippen LogP contribution in [0.4, 0.5) is 5.69 Å². The van der Waals surface area contributed by atoms with E-state index < -0.39 is 0 Å². The van der Waals surface area contributed by atoms with Gasteiger partial charge in [-0.3, -0.25) is 9.59 Å². The highest BCUT2D eigenvalue weighted by molar-refractivity contribution is 6.30. The van der Waals surface area contributed by atoms with Crippen molar-refractivity contribution in [1.29, 1.82) is 0 Å². The average molecular weight is 343 g/mol. The summed E-state index contributed by atoms with van der Waals surface area (Å²) in [6, 6.07) is 14.9. The Morgan fingerprint density at radius 2 is 1.62 bits per heavy atom. The first kappa shape index (κ1) is 16.5. The number of benzene rings is 2. The molecule has 1 aliphatic rings. The van der Waals surface area contributed by atoms with Crippen LogP contribution in [-0.2, 0) is 16.1 Å². The minimum absolute atomic E-state index is 0.0750. The number of aryl methyl sites for hydroxylation is 1. The van der Waals surface area contributed by atoms with Gasteiger partial charge < -0.3 is 10.6 Å². The van der Waals surface area contributed by atoms with Gasteiger partial charge in [-0.05, 0) is 43.2 Å². The number of rotatable bonds is 5. The molecular formula is C19H19ClN2O2. The zero-order valence-electron chi connectivity index (χ0n) is 13.4. The first-order valence-electron chi connectivity index (χ1n) is 7.92. The van der Waals surface area contributed by atoms with Crippen molar-refractivity contribution in [3.05, 3.63) is 64.7 Å². The lowest BCUT2D eigenvalue weighted by Gasteiger charge is -2.07. The van der Waals surface area contributed by atoms with Crippen molar-refractivity contribution in [1.82, 2.24) is 5.32 Å². The zero-order valence-corrected chi connectivity index (χ0v) is 14.1. The number of anilines is 1. The van der Waals surface area contributed by atoms with E-state index in [0.717, 1.165) is 16.8 Å². The van der Waals surface area contributed by atoms with Crippen LogP contribution in [0.2, 0.25) is 5.02 Å². The maximum Gasteiger partial charge on any atom is 0.228 e. The fourth-order valence-electron chi connectivity index (χ4n) is 2.57. The van der Waals surface area contributed by atoms with E-state index in [1.807, 2.05) is 43.3 Å². The summed E-state index contributed by atoms with van der Waals surface area (Å²) in [6.45, 7) is 2.44. The van der Waals surface area contributed by atoms with Crippen molar-refractivity contribution in [3.63, 3.8) is 0 Å². The Labute approximate surface area is 146 Å². The minimum atomic E-state index is -0.239. The average Bonchev–Trinajstić information content (AvgIpc) is 3.37. The molecule has 3 rings (SSSR count). The molecule has 2 N–H and O–H groups in total. The van der Waals surface area contributed by atoms with Crippen molar-refractivity contribution in [2.24, 2.45) is 11.8 Å². The third-order valence-corrected chi connectivity index (χ3v) is 4.42. The van der Waals surface area contributed by atoms with E-state index in [9.17, 15) is 9.59 Å². The second kappa shape index (κ2) is 7.05. The molecule has 4 nitrogen and oxygen atoms in total. The molecule has 5 heteroatoms. The standard InChI is InChI=1S/C19H19ClN2O2/c1-12-2-8-15(9-3-12)22-19(24)17-10-16(17)18(23)21-11-13-4-6-14(20)7-5-13/h2-9,16-17H,10-11H2,1H3,(H,21,23)(H,22,24). The van der Waals surface area contributed by atoms with Gasteiger partial charge in [-0.2, -0.15) is 0 Å². The molecule has 0 radical (unpaired) electrons. The molecule has 0 heterocycles. The highest BCUT2D eigenvalue weighted by atomic mass is 35.5. The summed E-state index contributed by atoms with van der Waals surface area (Å²) in [5.74, 6) is -0.640. The molecule has 2 unspecified atom stereocenters. The van der Waals surface area contributed by atoms with Crippen molar-refractivity contribution < 1.29 is 9.59 Å². The van der Waals surface area contributed by atoms with Crippen LogP contribution in [0.25, 0.3) is 0 Å². The van der Waals surface area contributed by atoms with Gasteiger partial charge in [0.15, 0.2) is 0 Å². The largest absolute Gasteiger partial charge is 0.352 e. The van der Waals surface area contributed by atoms with Crippen molar-refractivity contribution in [3.8, 4) is 0 Å². The van der Waals surface area contributed by atoms with Crippen LogP contribution in [0, 0.1) is 18.8 Å². The Kier molecular flexibility index (Phi) is 4.86. The van der Waals surface area contributed by atoms with Gasteiger partial charge in [0, 0.05) is 17.3 Å². The van der Waals surface area contributed by atoms with Crippen LogP contribution < -0.4 is 10.6 Å². The van der Waals surface area contributed by atoms with Gasteiger partial charge in [-0.25, -0.2) is 0 Å². The van der Waals surface area contributed by atoms with Crippen LogP contribution in [0.1, 0.15) is 17.5 Å². The van der Waals surface area contributed by atoms with Crippen LogP contribution in [0.3, 0.4) is 0 Å². The van der Waals surface area contributed by atoms with E-state index in [4.69, 9.17) is 11.6 Å². The summed E-state index contributed by atoms with van der Waals surface area (Å²) < 4.78 is 0. The molecule has 0 spiro atoms. The molecule has 2 amide bonds. The molecule has 0 bridgehead atoms. The Balaban J connectivity index is 1.47. The lowest BCUT2D eigenvalue weighted by Crippen LogP contribution is -2.27.